The number of methoxy groups -OCH3 is 1. The monoisotopic (exact) mass is 324 g/mol. The molecule has 1 unspecified atom stereocenters. The second-order valence-corrected chi connectivity index (χ2v) is 6.64. The molecule has 1 atom stereocenters. The zero-order chi connectivity index (χ0) is 15.2. The molecule has 1 aromatic carbocycles. The van der Waals surface area contributed by atoms with Crippen LogP contribution in [-0.2, 0) is 14.3 Å². The maximum atomic E-state index is 11.8. The van der Waals surface area contributed by atoms with Crippen LogP contribution in [0.25, 0.3) is 10.2 Å². The number of nitrogens with one attached hydrogen (secondary N) is 1. The average Bonchev–Trinajstić information content (AvgIpc) is 2.87. The van der Waals surface area contributed by atoms with E-state index in [-0.39, 0.29) is 11.1 Å². The van der Waals surface area contributed by atoms with Gasteiger partial charge in [0.05, 0.1) is 17.3 Å². The minimum Gasteiger partial charge on any atom is -0.467 e. The Morgan fingerprint density at radius 2 is 2.19 bits per heavy atom. The van der Waals surface area contributed by atoms with Crippen LogP contribution in [0.4, 0.5) is 5.13 Å². The Labute approximate surface area is 131 Å². The fraction of sp³-hybridized carbons (Fsp3) is 0.357. The molecule has 0 saturated carbocycles. The zero-order valence-electron chi connectivity index (χ0n) is 11.8. The van der Waals surface area contributed by atoms with Gasteiger partial charge < -0.3 is 10.1 Å². The summed E-state index contributed by atoms with van der Waals surface area (Å²) in [5, 5.41) is 3.82. The summed E-state index contributed by atoms with van der Waals surface area (Å²) in [4.78, 5) is 27.2. The first-order chi connectivity index (χ1) is 10.1. The number of thioether (sulfide) groups is 1. The second-order valence-electron chi connectivity index (χ2n) is 4.34. The maximum Gasteiger partial charge on any atom is 0.328 e. The summed E-state index contributed by atoms with van der Waals surface area (Å²) in [6, 6.07) is 7.29. The van der Waals surface area contributed by atoms with Crippen LogP contribution in [0.5, 0.6) is 0 Å². The third-order valence-electron chi connectivity index (χ3n) is 2.79. The summed E-state index contributed by atoms with van der Waals surface area (Å²) in [5.74, 6) is 0.214. The number of benzene rings is 1. The van der Waals surface area contributed by atoms with Crippen molar-refractivity contribution in [1.29, 1.82) is 0 Å². The highest BCUT2D eigenvalue weighted by Gasteiger charge is 2.20. The lowest BCUT2D eigenvalue weighted by molar-refractivity contribution is -0.141. The molecule has 0 spiro atoms. The molecule has 0 aliphatic rings. The minimum atomic E-state index is -0.498. The van der Waals surface area contributed by atoms with Crippen molar-refractivity contribution in [3.05, 3.63) is 24.3 Å². The maximum absolute atomic E-state index is 11.8. The standard InChI is InChI=1S/C14H16N2O3S2/c1-9(17)20-8-7-11(13(18)19-2)16-14-15-10-5-3-4-6-12(10)21-14/h3-6,11H,7-8H2,1-2H3,(H,15,16). The number of ether oxygens (including phenoxy) is 1. The number of carbonyl (C=O) groups excluding carboxylic acids is 2. The molecular formula is C14H16N2O3S2. The van der Waals surface area contributed by atoms with Crippen LogP contribution in [0.2, 0.25) is 0 Å². The fourth-order valence-corrected chi connectivity index (χ4v) is 3.35. The zero-order valence-corrected chi connectivity index (χ0v) is 13.4. The van der Waals surface area contributed by atoms with Gasteiger partial charge in [0, 0.05) is 12.7 Å². The van der Waals surface area contributed by atoms with Crippen molar-refractivity contribution >= 4 is 49.5 Å². The molecule has 7 heteroatoms. The first-order valence-electron chi connectivity index (χ1n) is 6.43. The molecule has 1 aromatic heterocycles. The normalized spacial score (nSPS) is 12.1. The van der Waals surface area contributed by atoms with Gasteiger partial charge in [-0.25, -0.2) is 9.78 Å². The van der Waals surface area contributed by atoms with Gasteiger partial charge in [-0.2, -0.15) is 0 Å². The number of hydrogen-bond donors (Lipinski definition) is 1. The highest BCUT2D eigenvalue weighted by molar-refractivity contribution is 8.13. The van der Waals surface area contributed by atoms with Crippen molar-refractivity contribution in [3.63, 3.8) is 0 Å². The van der Waals surface area contributed by atoms with Gasteiger partial charge in [0.25, 0.3) is 0 Å². The van der Waals surface area contributed by atoms with E-state index in [1.165, 1.54) is 37.1 Å². The Morgan fingerprint density at radius 1 is 1.43 bits per heavy atom. The number of anilines is 1. The number of esters is 1. The Bertz CT molecular complexity index is 609. The molecule has 0 bridgehead atoms. The van der Waals surface area contributed by atoms with Crippen LogP contribution in [0.15, 0.2) is 24.3 Å². The Hall–Kier alpha value is -1.60. The molecule has 5 nitrogen and oxygen atoms in total. The van der Waals surface area contributed by atoms with Crippen LogP contribution in [0.1, 0.15) is 13.3 Å². The van der Waals surface area contributed by atoms with Crippen LogP contribution in [0.3, 0.4) is 0 Å². The summed E-state index contributed by atoms with van der Waals surface area (Å²) in [5.41, 5.74) is 0.895. The Balaban J connectivity index is 2.06. The van der Waals surface area contributed by atoms with Crippen LogP contribution in [0, 0.1) is 0 Å². The molecule has 0 aliphatic carbocycles. The van der Waals surface area contributed by atoms with E-state index in [0.717, 1.165) is 10.2 Å². The number of rotatable bonds is 6. The van der Waals surface area contributed by atoms with E-state index in [4.69, 9.17) is 4.74 Å². The van der Waals surface area contributed by atoms with E-state index in [9.17, 15) is 9.59 Å². The van der Waals surface area contributed by atoms with Gasteiger partial charge in [-0.3, -0.25) is 4.79 Å². The Kier molecular flexibility index (Phi) is 5.58. The summed E-state index contributed by atoms with van der Waals surface area (Å²) in [7, 11) is 1.35. The van der Waals surface area contributed by atoms with Crippen LogP contribution < -0.4 is 5.32 Å². The van der Waals surface area contributed by atoms with Gasteiger partial charge in [0.2, 0.25) is 0 Å². The molecule has 0 saturated heterocycles. The predicted octanol–water partition coefficient (Wildman–Crippen LogP) is 2.92. The lowest BCUT2D eigenvalue weighted by Gasteiger charge is -2.14. The third kappa shape index (κ3) is 4.44. The first-order valence-corrected chi connectivity index (χ1v) is 8.23. The molecule has 2 aromatic rings. The van der Waals surface area contributed by atoms with Gasteiger partial charge in [0.1, 0.15) is 6.04 Å². The van der Waals surface area contributed by atoms with E-state index in [1.54, 1.807) is 0 Å². The SMILES string of the molecule is COC(=O)C(CCSC(C)=O)Nc1nc2ccccc2s1. The summed E-state index contributed by atoms with van der Waals surface area (Å²) in [6.45, 7) is 1.51. The molecule has 0 fully saturated rings. The third-order valence-corrected chi connectivity index (χ3v) is 4.60. The number of carbonyl (C=O) groups is 2. The molecule has 1 N–H and O–H groups in total. The van der Waals surface area contributed by atoms with E-state index in [2.05, 4.69) is 10.3 Å². The van der Waals surface area contributed by atoms with Gasteiger partial charge in [-0.05, 0) is 18.6 Å². The lowest BCUT2D eigenvalue weighted by Crippen LogP contribution is -2.31. The topological polar surface area (TPSA) is 68.3 Å². The van der Waals surface area contributed by atoms with Crippen molar-refractivity contribution in [1.82, 2.24) is 4.98 Å². The number of para-hydroxylation sites is 1. The quantitative estimate of drug-likeness (QED) is 0.824. The van der Waals surface area contributed by atoms with E-state index in [0.29, 0.717) is 17.3 Å². The van der Waals surface area contributed by atoms with Crippen LogP contribution in [-0.4, -0.2) is 35.0 Å². The number of fused-ring (bicyclic) bond motifs is 1. The lowest BCUT2D eigenvalue weighted by atomic mass is 10.2. The molecule has 112 valence electrons. The van der Waals surface area contributed by atoms with E-state index < -0.39 is 6.04 Å². The first kappa shape index (κ1) is 15.8. The van der Waals surface area contributed by atoms with Crippen molar-refractivity contribution in [2.24, 2.45) is 0 Å². The summed E-state index contributed by atoms with van der Waals surface area (Å²) >= 11 is 2.69. The highest BCUT2D eigenvalue weighted by Crippen LogP contribution is 2.26. The summed E-state index contributed by atoms with van der Waals surface area (Å²) in [6.07, 6.45) is 0.507. The second kappa shape index (κ2) is 7.42. The van der Waals surface area contributed by atoms with Gasteiger partial charge >= 0.3 is 5.97 Å². The average molecular weight is 324 g/mol. The van der Waals surface area contributed by atoms with Crippen molar-refractivity contribution in [3.8, 4) is 0 Å². The van der Waals surface area contributed by atoms with E-state index in [1.807, 2.05) is 24.3 Å². The molecule has 2 rings (SSSR count). The van der Waals surface area contributed by atoms with Crippen LogP contribution >= 0.6 is 23.1 Å². The summed E-state index contributed by atoms with van der Waals surface area (Å²) < 4.78 is 5.85. The number of thiazole rings is 1. The van der Waals surface area contributed by atoms with Gasteiger partial charge in [-0.15, -0.1) is 0 Å². The number of hydrogen-bond acceptors (Lipinski definition) is 7. The fourth-order valence-electron chi connectivity index (χ4n) is 1.79. The largest absolute Gasteiger partial charge is 0.467 e. The molecule has 0 radical (unpaired) electrons. The van der Waals surface area contributed by atoms with Crippen molar-refractivity contribution in [2.75, 3.05) is 18.2 Å². The molecule has 0 aliphatic heterocycles. The van der Waals surface area contributed by atoms with E-state index >= 15 is 0 Å². The van der Waals surface area contributed by atoms with Gasteiger partial charge in [0.15, 0.2) is 10.2 Å². The Morgan fingerprint density at radius 3 is 2.86 bits per heavy atom. The van der Waals surface area contributed by atoms with Gasteiger partial charge in [-0.1, -0.05) is 35.2 Å². The van der Waals surface area contributed by atoms with Crippen molar-refractivity contribution < 1.29 is 14.3 Å². The number of nitrogens with zero attached hydrogens (tertiary/aromatic N) is 1. The molecule has 0 amide bonds. The van der Waals surface area contributed by atoms with Crippen molar-refractivity contribution in [2.45, 2.75) is 19.4 Å². The molecule has 1 heterocycles. The molecule has 21 heavy (non-hydrogen) atoms. The predicted molar refractivity (Wildman–Crippen MR) is 86.8 cm³/mol. The number of aromatic nitrogens is 1. The minimum absolute atomic E-state index is 0.0404. The highest BCUT2D eigenvalue weighted by atomic mass is 32.2. The smallest absolute Gasteiger partial charge is 0.328 e. The molecular weight excluding hydrogens is 308 g/mol.